The van der Waals surface area contributed by atoms with Crippen molar-refractivity contribution in [2.45, 2.75) is 19.6 Å². The van der Waals surface area contributed by atoms with Crippen LogP contribution in [0.5, 0.6) is 0 Å². The van der Waals surface area contributed by atoms with E-state index in [2.05, 4.69) is 10.2 Å². The maximum absolute atomic E-state index is 14.8. The highest BCUT2D eigenvalue weighted by Crippen LogP contribution is 2.27. The van der Waals surface area contributed by atoms with Crippen molar-refractivity contribution in [3.8, 4) is 0 Å². The van der Waals surface area contributed by atoms with Gasteiger partial charge in [-0.25, -0.2) is 0 Å². The molecule has 0 aromatic heterocycles. The van der Waals surface area contributed by atoms with Gasteiger partial charge in [0.15, 0.2) is 5.78 Å². The van der Waals surface area contributed by atoms with Crippen LogP contribution in [0, 0.1) is 0 Å². The Balaban J connectivity index is 1.89. The van der Waals surface area contributed by atoms with Crippen LogP contribution in [0.15, 0.2) is 138 Å². The van der Waals surface area contributed by atoms with E-state index in [0.29, 0.717) is 10.9 Å². The van der Waals surface area contributed by atoms with Crippen molar-refractivity contribution < 1.29 is 18.0 Å². The number of carbonyl (C=O) groups excluding carboxylic acids is 1. The molecular weight excluding hydrogens is 484 g/mol. The van der Waals surface area contributed by atoms with Gasteiger partial charge in [0.1, 0.15) is 5.71 Å². The Morgan fingerprint density at radius 2 is 1.18 bits per heavy atom. The molecule has 1 N–H and O–H groups in total. The number of Topliss-reactive ketones (excluding diaryl/α,β-unsaturated/α-hetero) is 1. The Bertz CT molecular complexity index is 1370. The van der Waals surface area contributed by atoms with Crippen LogP contribution >= 0.6 is 0 Å². The van der Waals surface area contributed by atoms with E-state index in [1.54, 1.807) is 78.9 Å². The molecule has 0 saturated heterocycles. The smallest absolute Gasteiger partial charge is 0.384 e. The molecule has 4 aromatic rings. The fraction of sp³-hybridized carbons (Fsp3) is 0.0968. The third kappa shape index (κ3) is 6.68. The molecule has 0 fully saturated rings. The van der Waals surface area contributed by atoms with E-state index >= 15 is 0 Å². The van der Waals surface area contributed by atoms with E-state index in [1.165, 1.54) is 19.1 Å². The molecule has 0 aliphatic heterocycles. The highest BCUT2D eigenvalue weighted by atomic mass is 19.4. The lowest BCUT2D eigenvalue weighted by Crippen LogP contribution is -2.44. The predicted octanol–water partition coefficient (Wildman–Crippen LogP) is 5.74. The third-order valence-corrected chi connectivity index (χ3v) is 6.03. The standard InChI is InChI=1S/C31H26BF3N2O/c1-23(36-22-24-14-6-2-7-15-24)28(29(38)25-16-8-3-9-17-25)30(31(33,34)35)37-32(26-18-10-4-11-19-26)27-20-12-5-13-21-27/h2-21,36H,22H2,1H3/b28-23-,37-30+. The molecule has 38 heavy (non-hydrogen) atoms. The summed E-state index contributed by atoms with van der Waals surface area (Å²) in [5, 5.41) is 3.03. The van der Waals surface area contributed by atoms with Crippen molar-refractivity contribution in [2.24, 2.45) is 4.90 Å². The second-order valence-electron chi connectivity index (χ2n) is 8.73. The maximum atomic E-state index is 14.8. The average Bonchev–Trinajstić information content (AvgIpc) is 2.95. The van der Waals surface area contributed by atoms with Crippen LogP contribution in [0.3, 0.4) is 0 Å². The van der Waals surface area contributed by atoms with E-state index < -0.39 is 30.1 Å². The highest BCUT2D eigenvalue weighted by Gasteiger charge is 2.42. The Morgan fingerprint density at radius 3 is 1.66 bits per heavy atom. The minimum atomic E-state index is -4.89. The Morgan fingerprint density at radius 1 is 0.737 bits per heavy atom. The number of rotatable bonds is 9. The van der Waals surface area contributed by atoms with Crippen LogP contribution < -0.4 is 16.2 Å². The number of nitrogens with zero attached hydrogens (tertiary/aromatic N) is 1. The molecule has 0 spiro atoms. The molecule has 190 valence electrons. The minimum absolute atomic E-state index is 0.0960. The summed E-state index contributed by atoms with van der Waals surface area (Å²) >= 11 is 0. The zero-order valence-corrected chi connectivity index (χ0v) is 20.8. The first kappa shape index (κ1) is 26.7. The van der Waals surface area contributed by atoms with Gasteiger partial charge in [-0.1, -0.05) is 121 Å². The molecule has 0 atom stereocenters. The predicted molar refractivity (Wildman–Crippen MR) is 148 cm³/mol. The van der Waals surface area contributed by atoms with E-state index in [-0.39, 0.29) is 17.8 Å². The van der Waals surface area contributed by atoms with Gasteiger partial charge in [0.2, 0.25) is 0 Å². The Kier molecular flexibility index (Phi) is 8.59. The van der Waals surface area contributed by atoms with Crippen molar-refractivity contribution in [1.29, 1.82) is 0 Å². The lowest BCUT2D eigenvalue weighted by atomic mass is 9.51. The first-order chi connectivity index (χ1) is 18.3. The molecule has 3 nitrogen and oxygen atoms in total. The first-order valence-corrected chi connectivity index (χ1v) is 12.2. The molecule has 4 rings (SSSR count). The largest absolute Gasteiger partial charge is 0.432 e. The average molecular weight is 510 g/mol. The Labute approximate surface area is 220 Å². The summed E-state index contributed by atoms with van der Waals surface area (Å²) in [5.74, 6) is -0.750. The number of carbonyl (C=O) groups is 1. The van der Waals surface area contributed by atoms with Gasteiger partial charge in [-0.15, -0.1) is 0 Å². The molecule has 7 heteroatoms. The van der Waals surface area contributed by atoms with Crippen molar-refractivity contribution in [1.82, 2.24) is 5.32 Å². The SMILES string of the molecule is C/C(NCc1ccccc1)=C(C(=O)c1ccccc1)/C(=N\B(c1ccccc1)c1ccccc1)C(F)(F)F. The molecule has 0 saturated carbocycles. The lowest BCUT2D eigenvalue weighted by molar-refractivity contribution is -0.0581. The maximum Gasteiger partial charge on any atom is 0.432 e. The number of alkyl halides is 3. The number of ketones is 1. The summed E-state index contributed by atoms with van der Waals surface area (Å²) in [6.45, 7) is 0.777. The summed E-state index contributed by atoms with van der Waals surface area (Å²) in [6.07, 6.45) is -4.89. The number of allylic oxidation sites excluding steroid dienone is 2. The van der Waals surface area contributed by atoms with E-state index in [0.717, 1.165) is 5.56 Å². The molecular formula is C31H26BF3N2O. The van der Waals surface area contributed by atoms with E-state index in [1.807, 2.05) is 30.3 Å². The second kappa shape index (κ2) is 12.2. The third-order valence-electron chi connectivity index (χ3n) is 6.03. The number of halogens is 3. The van der Waals surface area contributed by atoms with Gasteiger partial charge >= 0.3 is 13.0 Å². The summed E-state index contributed by atoms with van der Waals surface area (Å²) in [6, 6.07) is 34.8. The van der Waals surface area contributed by atoms with Crippen LogP contribution in [0.25, 0.3) is 0 Å². The fourth-order valence-electron chi connectivity index (χ4n) is 4.13. The second-order valence-corrected chi connectivity index (χ2v) is 8.73. The topological polar surface area (TPSA) is 41.5 Å². The summed E-state index contributed by atoms with van der Waals surface area (Å²) in [7, 11) is 0. The van der Waals surface area contributed by atoms with Gasteiger partial charge in [0, 0.05) is 17.8 Å². The van der Waals surface area contributed by atoms with Crippen molar-refractivity contribution >= 4 is 29.3 Å². The lowest BCUT2D eigenvalue weighted by Gasteiger charge is -2.20. The van der Waals surface area contributed by atoms with Crippen molar-refractivity contribution in [3.63, 3.8) is 0 Å². The zero-order valence-electron chi connectivity index (χ0n) is 20.8. The van der Waals surface area contributed by atoms with Crippen LogP contribution in [0.1, 0.15) is 22.8 Å². The van der Waals surface area contributed by atoms with Gasteiger partial charge in [-0.2, -0.15) is 13.2 Å². The van der Waals surface area contributed by atoms with E-state index in [4.69, 9.17) is 0 Å². The fourth-order valence-corrected chi connectivity index (χ4v) is 4.13. The molecule has 0 radical (unpaired) electrons. The van der Waals surface area contributed by atoms with Crippen LogP contribution in [-0.4, -0.2) is 24.5 Å². The van der Waals surface area contributed by atoms with Gasteiger partial charge in [0.05, 0.1) is 5.57 Å². The molecule has 0 aliphatic carbocycles. The van der Waals surface area contributed by atoms with Crippen LogP contribution in [0.2, 0.25) is 0 Å². The number of hydrogen-bond donors (Lipinski definition) is 1. The van der Waals surface area contributed by atoms with Gasteiger partial charge < -0.3 is 10.2 Å². The van der Waals surface area contributed by atoms with Gasteiger partial charge in [-0.05, 0) is 23.4 Å². The van der Waals surface area contributed by atoms with Crippen molar-refractivity contribution in [2.75, 3.05) is 0 Å². The molecule has 0 heterocycles. The number of benzene rings is 4. The highest BCUT2D eigenvalue weighted by molar-refractivity contribution is 6.84. The van der Waals surface area contributed by atoms with Gasteiger partial charge in [-0.3, -0.25) is 4.79 Å². The molecule has 0 unspecified atom stereocenters. The summed E-state index contributed by atoms with van der Waals surface area (Å²) in [5.41, 5.74) is 0.563. The number of nitrogens with one attached hydrogen (secondary N) is 1. The summed E-state index contributed by atoms with van der Waals surface area (Å²) < 4.78 is 44.4. The van der Waals surface area contributed by atoms with E-state index in [9.17, 15) is 18.0 Å². The molecule has 0 bridgehead atoms. The first-order valence-electron chi connectivity index (χ1n) is 12.2. The van der Waals surface area contributed by atoms with Crippen molar-refractivity contribution in [3.05, 3.63) is 144 Å². The monoisotopic (exact) mass is 510 g/mol. The molecule has 4 aromatic carbocycles. The normalized spacial score (nSPS) is 12.5. The van der Waals surface area contributed by atoms with Gasteiger partial charge in [0.25, 0.3) is 0 Å². The van der Waals surface area contributed by atoms with Crippen LogP contribution in [-0.2, 0) is 6.54 Å². The Hall–Kier alpha value is -4.39. The summed E-state index contributed by atoms with van der Waals surface area (Å²) in [4.78, 5) is 17.9. The molecule has 0 amide bonds. The molecule has 0 aliphatic rings. The number of hydrogen-bond acceptors (Lipinski definition) is 3. The zero-order chi connectivity index (χ0) is 27.0. The quantitative estimate of drug-likeness (QED) is 0.135. The minimum Gasteiger partial charge on any atom is -0.384 e. The van der Waals surface area contributed by atoms with Crippen LogP contribution in [0.4, 0.5) is 13.2 Å².